The number of hydrogen-bond acceptors (Lipinski definition) is 2. The van der Waals surface area contributed by atoms with Gasteiger partial charge in [-0.3, -0.25) is 10.7 Å². The van der Waals surface area contributed by atoms with Gasteiger partial charge in [0, 0.05) is 0 Å². The number of nitrogens with zero attached hydrogens (tertiary/aromatic N) is 1. The van der Waals surface area contributed by atoms with Crippen molar-refractivity contribution in [2.45, 2.75) is 6.54 Å². The van der Waals surface area contributed by atoms with E-state index in [4.69, 9.17) is 11.5 Å². The standard InChI is InChI=1S/C6H8N3/c7-3-6-2-1-5(8)4-9-6/h1-2,4,7H,3,8H2. The molecule has 1 heterocycles. The lowest BCUT2D eigenvalue weighted by Crippen LogP contribution is -1.91. The van der Waals surface area contributed by atoms with Crippen LogP contribution < -0.4 is 11.5 Å². The van der Waals surface area contributed by atoms with Crippen molar-refractivity contribution < 1.29 is 0 Å². The molecule has 0 spiro atoms. The van der Waals surface area contributed by atoms with E-state index in [0.29, 0.717) is 5.69 Å². The second kappa shape index (κ2) is 2.46. The lowest BCUT2D eigenvalue weighted by atomic mass is 10.3. The molecule has 1 aromatic heterocycles. The molecule has 0 saturated carbocycles. The summed E-state index contributed by atoms with van der Waals surface area (Å²) < 4.78 is 0. The number of nitrogens with two attached hydrogens (primary N) is 1. The van der Waals surface area contributed by atoms with Crippen LogP contribution in [0.5, 0.6) is 0 Å². The molecule has 3 N–H and O–H groups in total. The topological polar surface area (TPSA) is 62.7 Å². The van der Waals surface area contributed by atoms with Gasteiger partial charge in [-0.15, -0.1) is 0 Å². The van der Waals surface area contributed by atoms with E-state index in [-0.39, 0.29) is 6.54 Å². The minimum absolute atomic E-state index is 0.222. The number of aromatic nitrogens is 1. The number of rotatable bonds is 1. The molecule has 0 aromatic carbocycles. The summed E-state index contributed by atoms with van der Waals surface area (Å²) in [6.45, 7) is 0.222. The van der Waals surface area contributed by atoms with Gasteiger partial charge in [-0.2, -0.15) is 0 Å². The molecule has 3 heteroatoms. The minimum Gasteiger partial charge on any atom is -0.397 e. The van der Waals surface area contributed by atoms with Crippen LogP contribution in [0.1, 0.15) is 5.69 Å². The van der Waals surface area contributed by atoms with Crippen molar-refractivity contribution in [1.29, 1.82) is 0 Å². The lowest BCUT2D eigenvalue weighted by molar-refractivity contribution is 0.961. The molecule has 1 aromatic rings. The van der Waals surface area contributed by atoms with Gasteiger partial charge < -0.3 is 5.73 Å². The van der Waals surface area contributed by atoms with Gasteiger partial charge in [0.2, 0.25) is 0 Å². The molecule has 0 aliphatic rings. The fourth-order valence-corrected chi connectivity index (χ4v) is 0.541. The Morgan fingerprint density at radius 1 is 1.56 bits per heavy atom. The van der Waals surface area contributed by atoms with Crippen molar-refractivity contribution in [2.24, 2.45) is 0 Å². The summed E-state index contributed by atoms with van der Waals surface area (Å²) in [5.74, 6) is 0. The van der Waals surface area contributed by atoms with E-state index in [2.05, 4.69) is 4.98 Å². The Morgan fingerprint density at radius 2 is 2.33 bits per heavy atom. The SMILES string of the molecule is [NH]Cc1ccc(N)cn1. The van der Waals surface area contributed by atoms with Gasteiger partial charge in [-0.05, 0) is 12.1 Å². The zero-order valence-electron chi connectivity index (χ0n) is 4.96. The zero-order chi connectivity index (χ0) is 6.69. The Kier molecular flexibility index (Phi) is 1.65. The monoisotopic (exact) mass is 122 g/mol. The molecule has 0 aliphatic heterocycles. The molecule has 0 saturated heterocycles. The molecular weight excluding hydrogens is 114 g/mol. The molecule has 0 atom stereocenters. The first-order chi connectivity index (χ1) is 4.33. The fraction of sp³-hybridized carbons (Fsp3) is 0.167. The molecule has 1 rings (SSSR count). The average Bonchev–Trinajstić information content (AvgIpc) is 1.90. The van der Waals surface area contributed by atoms with E-state index in [1.54, 1.807) is 18.3 Å². The second-order valence-electron chi connectivity index (χ2n) is 1.76. The largest absolute Gasteiger partial charge is 0.397 e. The molecule has 0 fully saturated rings. The number of nitrogens with one attached hydrogen (secondary N) is 1. The highest BCUT2D eigenvalue weighted by molar-refractivity contribution is 5.34. The third-order valence-electron chi connectivity index (χ3n) is 1.03. The summed E-state index contributed by atoms with van der Waals surface area (Å²) in [6.07, 6.45) is 1.56. The molecular formula is C6H8N3. The van der Waals surface area contributed by atoms with E-state index in [9.17, 15) is 0 Å². The Morgan fingerprint density at radius 3 is 2.78 bits per heavy atom. The number of hydrogen-bond donors (Lipinski definition) is 1. The first-order valence-corrected chi connectivity index (χ1v) is 2.68. The fourth-order valence-electron chi connectivity index (χ4n) is 0.541. The first kappa shape index (κ1) is 6.04. The Hall–Kier alpha value is -1.09. The Balaban J connectivity index is 2.88. The summed E-state index contributed by atoms with van der Waals surface area (Å²) in [4.78, 5) is 3.88. The maximum Gasteiger partial charge on any atom is 0.0557 e. The smallest absolute Gasteiger partial charge is 0.0557 e. The maximum atomic E-state index is 6.91. The number of nitrogen functional groups attached to an aromatic ring is 1. The normalized spacial score (nSPS) is 9.44. The van der Waals surface area contributed by atoms with Gasteiger partial charge in [-0.1, -0.05) is 0 Å². The van der Waals surface area contributed by atoms with Crippen molar-refractivity contribution in [3.05, 3.63) is 24.0 Å². The molecule has 9 heavy (non-hydrogen) atoms. The van der Waals surface area contributed by atoms with E-state index in [1.807, 2.05) is 0 Å². The summed E-state index contributed by atoms with van der Waals surface area (Å²) in [5, 5.41) is 0. The van der Waals surface area contributed by atoms with Crippen molar-refractivity contribution >= 4 is 5.69 Å². The third kappa shape index (κ3) is 1.40. The molecule has 0 unspecified atom stereocenters. The zero-order valence-corrected chi connectivity index (χ0v) is 4.96. The van der Waals surface area contributed by atoms with Crippen LogP contribution in [0.15, 0.2) is 18.3 Å². The van der Waals surface area contributed by atoms with E-state index in [1.165, 1.54) is 0 Å². The highest BCUT2D eigenvalue weighted by Crippen LogP contribution is 1.99. The summed E-state index contributed by atoms with van der Waals surface area (Å²) in [7, 11) is 0. The molecule has 3 nitrogen and oxygen atoms in total. The van der Waals surface area contributed by atoms with Crippen LogP contribution in [0.3, 0.4) is 0 Å². The molecule has 47 valence electrons. The summed E-state index contributed by atoms with van der Waals surface area (Å²) in [5.41, 5.74) is 13.7. The predicted octanol–water partition coefficient (Wildman–Crippen LogP) is 0.447. The minimum atomic E-state index is 0.222. The van der Waals surface area contributed by atoms with Gasteiger partial charge in [0.15, 0.2) is 0 Å². The van der Waals surface area contributed by atoms with Gasteiger partial charge in [0.05, 0.1) is 24.1 Å². The summed E-state index contributed by atoms with van der Waals surface area (Å²) >= 11 is 0. The predicted molar refractivity (Wildman–Crippen MR) is 35.5 cm³/mol. The van der Waals surface area contributed by atoms with Gasteiger partial charge >= 0.3 is 0 Å². The molecule has 0 amide bonds. The molecule has 1 radical (unpaired) electrons. The Bertz CT molecular complexity index is 180. The molecule has 0 aliphatic carbocycles. The van der Waals surface area contributed by atoms with Crippen molar-refractivity contribution in [2.75, 3.05) is 5.73 Å². The van der Waals surface area contributed by atoms with E-state index >= 15 is 0 Å². The van der Waals surface area contributed by atoms with Gasteiger partial charge in [0.1, 0.15) is 0 Å². The maximum absolute atomic E-state index is 6.91. The van der Waals surface area contributed by atoms with Crippen LogP contribution in [0.2, 0.25) is 0 Å². The Labute approximate surface area is 53.7 Å². The second-order valence-corrected chi connectivity index (χ2v) is 1.76. The quantitative estimate of drug-likeness (QED) is 0.587. The average molecular weight is 122 g/mol. The number of pyridine rings is 1. The van der Waals surface area contributed by atoms with Crippen molar-refractivity contribution in [1.82, 2.24) is 10.7 Å². The van der Waals surface area contributed by atoms with Gasteiger partial charge in [0.25, 0.3) is 0 Å². The molecule has 0 bridgehead atoms. The van der Waals surface area contributed by atoms with Crippen molar-refractivity contribution in [3.8, 4) is 0 Å². The highest BCUT2D eigenvalue weighted by Gasteiger charge is 1.87. The van der Waals surface area contributed by atoms with Crippen LogP contribution in [0.25, 0.3) is 0 Å². The number of anilines is 1. The van der Waals surface area contributed by atoms with E-state index < -0.39 is 0 Å². The van der Waals surface area contributed by atoms with Crippen LogP contribution in [-0.2, 0) is 6.54 Å². The van der Waals surface area contributed by atoms with Crippen molar-refractivity contribution in [3.63, 3.8) is 0 Å². The van der Waals surface area contributed by atoms with Crippen LogP contribution in [0.4, 0.5) is 5.69 Å². The van der Waals surface area contributed by atoms with Crippen LogP contribution >= 0.6 is 0 Å². The lowest BCUT2D eigenvalue weighted by Gasteiger charge is -1.93. The summed E-state index contributed by atoms with van der Waals surface area (Å²) in [6, 6.07) is 3.50. The highest BCUT2D eigenvalue weighted by atomic mass is 14.7. The van der Waals surface area contributed by atoms with E-state index in [0.717, 1.165) is 5.69 Å². The first-order valence-electron chi connectivity index (χ1n) is 2.68. The third-order valence-corrected chi connectivity index (χ3v) is 1.03. The van der Waals surface area contributed by atoms with Gasteiger partial charge in [-0.25, -0.2) is 0 Å². The van der Waals surface area contributed by atoms with Crippen LogP contribution in [-0.4, -0.2) is 4.98 Å². The van der Waals surface area contributed by atoms with Crippen LogP contribution in [0, 0.1) is 0 Å².